The van der Waals surface area contributed by atoms with E-state index in [1.807, 2.05) is 0 Å². The van der Waals surface area contributed by atoms with Crippen LogP contribution >= 0.6 is 0 Å². The first-order valence-corrected chi connectivity index (χ1v) is 2.68. The van der Waals surface area contributed by atoms with E-state index in [0.29, 0.717) is 5.57 Å². The fourth-order valence-corrected chi connectivity index (χ4v) is 0.307. The van der Waals surface area contributed by atoms with Gasteiger partial charge in [0, 0.05) is 6.21 Å². The third kappa shape index (κ3) is 3.64. The summed E-state index contributed by atoms with van der Waals surface area (Å²) in [5, 5.41) is 6.58. The number of hydrogen-bond acceptors (Lipinski definition) is 1. The van der Waals surface area contributed by atoms with E-state index in [0.717, 1.165) is 6.21 Å². The third-order valence-corrected chi connectivity index (χ3v) is 0.986. The van der Waals surface area contributed by atoms with Gasteiger partial charge in [-0.2, -0.15) is 0 Å². The van der Waals surface area contributed by atoms with Crippen LogP contribution < -0.4 is 0 Å². The van der Waals surface area contributed by atoms with E-state index in [1.165, 1.54) is 13.0 Å². The maximum atomic E-state index is 12.2. The highest BCUT2D eigenvalue weighted by Crippen LogP contribution is 2.04. The maximum Gasteiger partial charge on any atom is 0.0997 e. The molecule has 0 unspecified atom stereocenters. The fourth-order valence-electron chi connectivity index (χ4n) is 0.307. The van der Waals surface area contributed by atoms with Crippen LogP contribution in [0.1, 0.15) is 13.8 Å². The van der Waals surface area contributed by atoms with Crippen molar-refractivity contribution in [3.8, 4) is 0 Å². The summed E-state index contributed by atoms with van der Waals surface area (Å²) in [4.78, 5) is 0. The quantitative estimate of drug-likeness (QED) is 0.435. The number of allylic oxidation sites excluding steroid dienone is 4. The van der Waals surface area contributed by atoms with Crippen LogP contribution in [-0.4, -0.2) is 6.21 Å². The Morgan fingerprint density at radius 2 is 2.00 bits per heavy atom. The lowest BCUT2D eigenvalue weighted by atomic mass is 10.2. The SMILES string of the molecule is C/C(F)=C(C)\C=C/C=N. The zero-order valence-corrected chi connectivity index (χ0v) is 5.61. The standard InChI is InChI=1S/C7H10FN/c1-6(7(2)8)4-3-5-9/h3-5,9H,1-2H3/b4-3-,7-6+,9-5?. The molecule has 0 aliphatic carbocycles. The Morgan fingerprint density at radius 3 is 2.33 bits per heavy atom. The fraction of sp³-hybridized carbons (Fsp3) is 0.286. The van der Waals surface area contributed by atoms with Crippen LogP contribution in [0.15, 0.2) is 23.6 Å². The van der Waals surface area contributed by atoms with E-state index in [2.05, 4.69) is 0 Å². The molecule has 0 heterocycles. The van der Waals surface area contributed by atoms with E-state index in [-0.39, 0.29) is 5.83 Å². The van der Waals surface area contributed by atoms with Crippen molar-refractivity contribution in [3.05, 3.63) is 23.6 Å². The molecule has 0 atom stereocenters. The van der Waals surface area contributed by atoms with Gasteiger partial charge in [-0.05, 0) is 25.5 Å². The van der Waals surface area contributed by atoms with E-state index in [1.54, 1.807) is 13.0 Å². The minimum Gasteiger partial charge on any atom is -0.309 e. The zero-order chi connectivity index (χ0) is 7.28. The molecule has 2 heteroatoms. The molecule has 0 aromatic carbocycles. The van der Waals surface area contributed by atoms with Gasteiger partial charge >= 0.3 is 0 Å². The smallest absolute Gasteiger partial charge is 0.0997 e. The van der Waals surface area contributed by atoms with Crippen LogP contribution in [-0.2, 0) is 0 Å². The summed E-state index contributed by atoms with van der Waals surface area (Å²) in [7, 11) is 0. The molecule has 0 fully saturated rings. The van der Waals surface area contributed by atoms with Crippen LogP contribution in [0.3, 0.4) is 0 Å². The average Bonchev–Trinajstić information content (AvgIpc) is 1.82. The molecule has 0 aromatic heterocycles. The maximum absolute atomic E-state index is 12.2. The Kier molecular flexibility index (Phi) is 3.60. The third-order valence-electron chi connectivity index (χ3n) is 0.986. The molecule has 0 radical (unpaired) electrons. The lowest BCUT2D eigenvalue weighted by molar-refractivity contribution is 0.631. The summed E-state index contributed by atoms with van der Waals surface area (Å²) < 4.78 is 12.2. The van der Waals surface area contributed by atoms with Gasteiger partial charge in [-0.1, -0.05) is 6.08 Å². The van der Waals surface area contributed by atoms with Crippen LogP contribution in [0.2, 0.25) is 0 Å². The summed E-state index contributed by atoms with van der Waals surface area (Å²) in [5.74, 6) is -0.201. The molecule has 9 heavy (non-hydrogen) atoms. The van der Waals surface area contributed by atoms with Gasteiger partial charge < -0.3 is 5.41 Å². The van der Waals surface area contributed by atoms with E-state index < -0.39 is 0 Å². The molecule has 1 N–H and O–H groups in total. The van der Waals surface area contributed by atoms with Crippen molar-refractivity contribution in [2.24, 2.45) is 0 Å². The first kappa shape index (κ1) is 8.08. The molecule has 0 saturated heterocycles. The molecule has 0 aliphatic heterocycles. The van der Waals surface area contributed by atoms with Crippen LogP contribution in [0.4, 0.5) is 4.39 Å². The first-order valence-electron chi connectivity index (χ1n) is 2.68. The lowest BCUT2D eigenvalue weighted by Gasteiger charge is -1.87. The molecule has 0 bridgehead atoms. The van der Waals surface area contributed by atoms with Crippen molar-refractivity contribution < 1.29 is 4.39 Å². The van der Waals surface area contributed by atoms with Crippen molar-refractivity contribution in [1.82, 2.24) is 0 Å². The zero-order valence-electron chi connectivity index (χ0n) is 5.61. The average molecular weight is 127 g/mol. The summed E-state index contributed by atoms with van der Waals surface area (Å²) in [6.07, 6.45) is 4.16. The van der Waals surface area contributed by atoms with E-state index >= 15 is 0 Å². The Labute approximate surface area is 54.4 Å². The highest BCUT2D eigenvalue weighted by molar-refractivity contribution is 5.68. The van der Waals surface area contributed by atoms with E-state index in [9.17, 15) is 4.39 Å². The molecule has 0 amide bonds. The molecule has 0 spiro atoms. The molecule has 0 aliphatic rings. The van der Waals surface area contributed by atoms with Crippen LogP contribution in [0.25, 0.3) is 0 Å². The Balaban J connectivity index is 4.06. The van der Waals surface area contributed by atoms with Gasteiger partial charge in [0.2, 0.25) is 0 Å². The summed E-state index contributed by atoms with van der Waals surface area (Å²) in [5.41, 5.74) is 0.568. The molecule has 0 aromatic rings. The Bertz CT molecular complexity index is 152. The van der Waals surface area contributed by atoms with Gasteiger partial charge in [0.1, 0.15) is 0 Å². The molecule has 0 rings (SSSR count). The minimum absolute atomic E-state index is 0.201. The second-order valence-electron chi connectivity index (χ2n) is 1.74. The van der Waals surface area contributed by atoms with Gasteiger partial charge in [-0.3, -0.25) is 0 Å². The molecule has 0 saturated carbocycles. The monoisotopic (exact) mass is 127 g/mol. The molecular weight excluding hydrogens is 117 g/mol. The predicted molar refractivity (Wildman–Crippen MR) is 37.4 cm³/mol. The molecule has 50 valence electrons. The second-order valence-corrected chi connectivity index (χ2v) is 1.74. The van der Waals surface area contributed by atoms with Crippen molar-refractivity contribution in [3.63, 3.8) is 0 Å². The van der Waals surface area contributed by atoms with Crippen molar-refractivity contribution in [2.45, 2.75) is 13.8 Å². The minimum atomic E-state index is -0.201. The highest BCUT2D eigenvalue weighted by atomic mass is 19.1. The van der Waals surface area contributed by atoms with Crippen LogP contribution in [0.5, 0.6) is 0 Å². The van der Waals surface area contributed by atoms with E-state index in [4.69, 9.17) is 5.41 Å². The molecule has 1 nitrogen and oxygen atoms in total. The largest absolute Gasteiger partial charge is 0.309 e. The van der Waals surface area contributed by atoms with Crippen molar-refractivity contribution in [1.29, 1.82) is 5.41 Å². The Morgan fingerprint density at radius 1 is 1.44 bits per heavy atom. The lowest BCUT2D eigenvalue weighted by Crippen LogP contribution is -1.71. The normalized spacial score (nSPS) is 13.7. The number of nitrogens with one attached hydrogen (secondary N) is 1. The highest BCUT2D eigenvalue weighted by Gasteiger charge is 1.86. The molecular formula is C7H10FN. The van der Waals surface area contributed by atoms with Gasteiger partial charge in [-0.25, -0.2) is 4.39 Å². The van der Waals surface area contributed by atoms with Crippen molar-refractivity contribution in [2.75, 3.05) is 0 Å². The number of hydrogen-bond donors (Lipinski definition) is 1. The van der Waals surface area contributed by atoms with Gasteiger partial charge in [0.05, 0.1) is 5.83 Å². The number of halogens is 1. The Hall–Kier alpha value is -0.920. The topological polar surface area (TPSA) is 23.9 Å². The second kappa shape index (κ2) is 4.01. The predicted octanol–water partition coefficient (Wildman–Crippen LogP) is 2.46. The number of rotatable bonds is 2. The summed E-state index contributed by atoms with van der Waals surface area (Å²) in [6, 6.07) is 0. The van der Waals surface area contributed by atoms with Gasteiger partial charge in [0.25, 0.3) is 0 Å². The van der Waals surface area contributed by atoms with Gasteiger partial charge in [-0.15, -0.1) is 0 Å². The van der Waals surface area contributed by atoms with Crippen LogP contribution in [0, 0.1) is 5.41 Å². The van der Waals surface area contributed by atoms with Gasteiger partial charge in [0.15, 0.2) is 0 Å². The van der Waals surface area contributed by atoms with Crippen molar-refractivity contribution >= 4 is 6.21 Å². The summed E-state index contributed by atoms with van der Waals surface area (Å²) in [6.45, 7) is 3.05. The summed E-state index contributed by atoms with van der Waals surface area (Å²) >= 11 is 0. The first-order chi connectivity index (χ1) is 4.18.